The van der Waals surface area contributed by atoms with Crippen LogP contribution in [0.15, 0.2) is 60.7 Å². The maximum Gasteiger partial charge on any atom is 0.262 e. The summed E-state index contributed by atoms with van der Waals surface area (Å²) in [6.45, 7) is 0.231. The van der Waals surface area contributed by atoms with Gasteiger partial charge in [-0.3, -0.25) is 19.2 Å². The zero-order valence-electron chi connectivity index (χ0n) is 21.1. The number of para-hydroxylation sites is 2. The summed E-state index contributed by atoms with van der Waals surface area (Å²) in [6.07, 6.45) is 0.796. The van der Waals surface area contributed by atoms with Crippen molar-refractivity contribution in [1.82, 2.24) is 0 Å². The van der Waals surface area contributed by atoms with Gasteiger partial charge in [0.1, 0.15) is 17.2 Å². The molecular formula is C28H25Cl2N3O7. The molecule has 3 heterocycles. The molecule has 40 heavy (non-hydrogen) atoms. The Morgan fingerprint density at radius 1 is 0.675 bits per heavy atom. The first kappa shape index (κ1) is 28.7. The van der Waals surface area contributed by atoms with Gasteiger partial charge in [0, 0.05) is 11.4 Å². The quantitative estimate of drug-likeness (QED) is 0.308. The van der Waals surface area contributed by atoms with Gasteiger partial charge in [-0.25, -0.2) is 0 Å². The molecule has 3 aliphatic heterocycles. The fourth-order valence-electron chi connectivity index (χ4n) is 3.75. The molecule has 0 spiro atoms. The summed E-state index contributed by atoms with van der Waals surface area (Å²) in [6, 6.07) is 17.9. The van der Waals surface area contributed by atoms with Crippen LogP contribution < -0.4 is 30.2 Å². The summed E-state index contributed by atoms with van der Waals surface area (Å²) in [7, 11) is 0. The van der Waals surface area contributed by atoms with Gasteiger partial charge in [0.2, 0.25) is 0 Å². The van der Waals surface area contributed by atoms with Crippen LogP contribution in [0.3, 0.4) is 0 Å². The third-order valence-corrected chi connectivity index (χ3v) is 6.07. The van der Waals surface area contributed by atoms with E-state index in [0.29, 0.717) is 22.9 Å². The number of ether oxygens (including phenoxy) is 3. The van der Waals surface area contributed by atoms with E-state index in [9.17, 15) is 19.2 Å². The van der Waals surface area contributed by atoms with Crippen LogP contribution in [-0.2, 0) is 20.8 Å². The summed E-state index contributed by atoms with van der Waals surface area (Å²) < 4.78 is 15.5. The molecule has 0 fully saturated rings. The predicted molar refractivity (Wildman–Crippen MR) is 151 cm³/mol. The number of rotatable bonds is 4. The highest BCUT2D eigenvalue weighted by Crippen LogP contribution is 2.30. The predicted octanol–water partition coefficient (Wildman–Crippen LogP) is 4.26. The Bertz CT molecular complexity index is 1430. The monoisotopic (exact) mass is 585 g/mol. The van der Waals surface area contributed by atoms with E-state index in [-0.39, 0.29) is 49.2 Å². The molecular weight excluding hydrogens is 561 g/mol. The molecule has 0 saturated carbocycles. The second-order valence-electron chi connectivity index (χ2n) is 8.54. The standard InChI is InChI=1S/C10H8ClNO3.C10H10ClNO2.C8H7NO2/c11-4-8(13)6-1-2-9-7(3-6)12-10(14)5-15-9;11-4-3-7-1-2-9-8(5-7)12-10(13)6-14-9;10-8-5-11-7-4-2-1-3-6(7)9-8/h1-3H,4-5H2,(H,12,14);1-2,5H,3-4,6H2,(H,12,13);1-4H,5H2,(H,9,10). The smallest absolute Gasteiger partial charge is 0.262 e. The Hall–Kier alpha value is -4.28. The second kappa shape index (κ2) is 13.7. The van der Waals surface area contributed by atoms with Crippen LogP contribution in [0, 0.1) is 0 Å². The van der Waals surface area contributed by atoms with E-state index in [0.717, 1.165) is 34.9 Å². The molecule has 3 amide bonds. The van der Waals surface area contributed by atoms with Gasteiger partial charge in [-0.15, -0.1) is 23.2 Å². The molecule has 0 aliphatic carbocycles. The topological polar surface area (TPSA) is 132 Å². The number of amides is 3. The molecule has 10 nitrogen and oxygen atoms in total. The number of benzene rings is 3. The molecule has 208 valence electrons. The van der Waals surface area contributed by atoms with Gasteiger partial charge in [0.15, 0.2) is 25.6 Å². The Kier molecular flexibility index (Phi) is 9.82. The van der Waals surface area contributed by atoms with Crippen LogP contribution in [0.25, 0.3) is 0 Å². The summed E-state index contributed by atoms with van der Waals surface area (Å²) in [4.78, 5) is 44.1. The lowest BCUT2D eigenvalue weighted by Crippen LogP contribution is -2.25. The number of hydrogen-bond acceptors (Lipinski definition) is 7. The molecule has 6 rings (SSSR count). The van der Waals surface area contributed by atoms with Crippen LogP contribution in [-0.4, -0.2) is 55.1 Å². The van der Waals surface area contributed by atoms with Gasteiger partial charge < -0.3 is 30.2 Å². The summed E-state index contributed by atoms with van der Waals surface area (Å²) in [5.41, 5.74) is 3.58. The van der Waals surface area contributed by atoms with E-state index in [1.54, 1.807) is 18.2 Å². The summed E-state index contributed by atoms with van der Waals surface area (Å²) in [5.74, 6) is 1.93. The third-order valence-electron chi connectivity index (χ3n) is 5.64. The number of alkyl halides is 2. The minimum absolute atomic E-state index is 0.00972. The average molecular weight is 586 g/mol. The zero-order valence-corrected chi connectivity index (χ0v) is 22.6. The van der Waals surface area contributed by atoms with Crippen LogP contribution >= 0.6 is 23.2 Å². The van der Waals surface area contributed by atoms with Gasteiger partial charge in [-0.1, -0.05) is 18.2 Å². The first-order chi connectivity index (χ1) is 19.4. The van der Waals surface area contributed by atoms with Crippen molar-refractivity contribution in [3.63, 3.8) is 0 Å². The van der Waals surface area contributed by atoms with E-state index < -0.39 is 0 Å². The average Bonchev–Trinajstić information content (AvgIpc) is 2.97. The van der Waals surface area contributed by atoms with Crippen molar-refractivity contribution in [2.45, 2.75) is 6.42 Å². The molecule has 0 unspecified atom stereocenters. The zero-order chi connectivity index (χ0) is 28.5. The lowest BCUT2D eigenvalue weighted by molar-refractivity contribution is -0.119. The molecule has 12 heteroatoms. The summed E-state index contributed by atoms with van der Waals surface area (Å²) >= 11 is 11.1. The van der Waals surface area contributed by atoms with E-state index in [2.05, 4.69) is 16.0 Å². The molecule has 3 N–H and O–H groups in total. The van der Waals surface area contributed by atoms with E-state index in [4.69, 9.17) is 37.4 Å². The Balaban J connectivity index is 0.000000140. The maximum absolute atomic E-state index is 11.3. The molecule has 0 saturated heterocycles. The molecule has 0 radical (unpaired) electrons. The number of carbonyl (C=O) groups excluding carboxylic acids is 4. The SMILES string of the molecule is O=C1COc2ccc(C(=O)CCl)cc2N1.O=C1COc2ccc(CCCl)cc2N1.O=C1COc2ccccc2N1. The highest BCUT2D eigenvalue weighted by atomic mass is 35.5. The van der Waals surface area contributed by atoms with Crippen molar-refractivity contribution in [3.05, 3.63) is 71.8 Å². The molecule has 3 aromatic carbocycles. The van der Waals surface area contributed by atoms with Crippen molar-refractivity contribution in [2.24, 2.45) is 0 Å². The number of halogens is 2. The number of nitrogens with one attached hydrogen (secondary N) is 3. The molecule has 0 bridgehead atoms. The van der Waals surface area contributed by atoms with E-state index in [1.165, 1.54) is 0 Å². The largest absolute Gasteiger partial charge is 0.482 e. The van der Waals surface area contributed by atoms with E-state index >= 15 is 0 Å². The highest BCUT2D eigenvalue weighted by Gasteiger charge is 2.18. The number of anilines is 3. The molecule has 3 aromatic rings. The molecule has 3 aliphatic rings. The van der Waals surface area contributed by atoms with Gasteiger partial charge in [0.25, 0.3) is 17.7 Å². The van der Waals surface area contributed by atoms with E-state index in [1.807, 2.05) is 42.5 Å². The normalized spacial score (nSPS) is 14.2. The summed E-state index contributed by atoms with van der Waals surface area (Å²) in [5, 5.41) is 8.07. The van der Waals surface area contributed by atoms with Crippen LogP contribution in [0.5, 0.6) is 17.2 Å². The lowest BCUT2D eigenvalue weighted by atomic mass is 10.1. The number of aryl methyl sites for hydroxylation is 1. The lowest BCUT2D eigenvalue weighted by Gasteiger charge is -2.18. The number of fused-ring (bicyclic) bond motifs is 3. The minimum Gasteiger partial charge on any atom is -0.482 e. The maximum atomic E-state index is 11.3. The van der Waals surface area contributed by atoms with Crippen molar-refractivity contribution in [3.8, 4) is 17.2 Å². The van der Waals surface area contributed by atoms with Gasteiger partial charge >= 0.3 is 0 Å². The van der Waals surface area contributed by atoms with Gasteiger partial charge in [-0.2, -0.15) is 0 Å². The van der Waals surface area contributed by atoms with Crippen LogP contribution in [0.1, 0.15) is 15.9 Å². The molecule has 0 atom stereocenters. The van der Waals surface area contributed by atoms with Crippen LogP contribution in [0.2, 0.25) is 0 Å². The fraction of sp³-hybridized carbons (Fsp3) is 0.214. The fourth-order valence-corrected chi connectivity index (χ4v) is 4.13. The second-order valence-corrected chi connectivity index (χ2v) is 9.19. The van der Waals surface area contributed by atoms with Crippen molar-refractivity contribution in [1.29, 1.82) is 0 Å². The first-order valence-electron chi connectivity index (χ1n) is 12.2. The van der Waals surface area contributed by atoms with Gasteiger partial charge in [0.05, 0.1) is 22.9 Å². The van der Waals surface area contributed by atoms with Gasteiger partial charge in [-0.05, 0) is 54.4 Å². The first-order valence-corrected chi connectivity index (χ1v) is 13.2. The van der Waals surface area contributed by atoms with Crippen molar-refractivity contribution < 1.29 is 33.4 Å². The van der Waals surface area contributed by atoms with Crippen molar-refractivity contribution >= 4 is 63.8 Å². The Morgan fingerprint density at radius 3 is 1.80 bits per heavy atom. The Morgan fingerprint density at radius 2 is 1.20 bits per heavy atom. The number of ketones is 1. The molecule has 0 aromatic heterocycles. The third kappa shape index (κ3) is 7.64. The van der Waals surface area contributed by atoms with Crippen LogP contribution in [0.4, 0.5) is 17.1 Å². The minimum atomic E-state index is -0.224. The Labute approximate surface area is 239 Å². The number of hydrogen-bond donors (Lipinski definition) is 3. The van der Waals surface area contributed by atoms with Crippen molar-refractivity contribution in [2.75, 3.05) is 47.5 Å². The number of carbonyl (C=O) groups is 4. The highest BCUT2D eigenvalue weighted by molar-refractivity contribution is 6.30. The number of Topliss-reactive ketones (excluding diaryl/α,β-unsaturated/α-hetero) is 1.